The Bertz CT molecular complexity index is 506. The van der Waals surface area contributed by atoms with E-state index in [1.54, 1.807) is 0 Å². The second-order valence-corrected chi connectivity index (χ2v) is 6.61. The van der Waals surface area contributed by atoms with E-state index in [0.717, 1.165) is 32.2 Å². The van der Waals surface area contributed by atoms with Crippen molar-refractivity contribution in [2.45, 2.75) is 45.6 Å². The number of aliphatic hydroxyl groups is 1. The van der Waals surface area contributed by atoms with Gasteiger partial charge in [-0.15, -0.1) is 0 Å². The van der Waals surface area contributed by atoms with Crippen LogP contribution in [0.1, 0.15) is 39.5 Å². The van der Waals surface area contributed by atoms with Gasteiger partial charge in [0, 0.05) is 32.3 Å². The van der Waals surface area contributed by atoms with Gasteiger partial charge in [0.25, 0.3) is 0 Å². The summed E-state index contributed by atoms with van der Waals surface area (Å²) in [6, 6.07) is 0.221. The number of ether oxygens (including phenoxy) is 2. The van der Waals surface area contributed by atoms with Gasteiger partial charge in [0.05, 0.1) is 26.4 Å². The monoisotopic (exact) mass is 399 g/mol. The van der Waals surface area contributed by atoms with Gasteiger partial charge in [0.1, 0.15) is 0 Å². The number of unbranched alkanes of at least 4 members (excludes halogenated alkanes) is 3. The van der Waals surface area contributed by atoms with E-state index in [1.807, 2.05) is 13.8 Å². The first kappa shape index (κ1) is 24.3. The molecule has 0 saturated heterocycles. The quantitative estimate of drug-likeness (QED) is 0.228. The Balaban J connectivity index is 2.40. The maximum absolute atomic E-state index is 8.81. The number of aromatic nitrogens is 3. The summed E-state index contributed by atoms with van der Waals surface area (Å²) in [6.07, 6.45) is 3.94. The van der Waals surface area contributed by atoms with Crippen molar-refractivity contribution in [1.82, 2.24) is 15.0 Å². The fourth-order valence-corrected chi connectivity index (χ4v) is 2.29. The number of rotatable bonds is 18. The van der Waals surface area contributed by atoms with Crippen LogP contribution in [0.4, 0.5) is 17.8 Å². The van der Waals surface area contributed by atoms with Gasteiger partial charge in [-0.3, -0.25) is 0 Å². The molecular formula is C18H37N7O3. The van der Waals surface area contributed by atoms with Crippen LogP contribution in [-0.4, -0.2) is 78.8 Å². The van der Waals surface area contributed by atoms with Crippen LogP contribution in [0.2, 0.25) is 0 Å². The SMILES string of the molecule is CC(C)Nc1nc(NCCCCCCO)nc(NCCOCCOCCN)n1. The summed E-state index contributed by atoms with van der Waals surface area (Å²) in [6.45, 7) is 8.35. The van der Waals surface area contributed by atoms with Crippen LogP contribution < -0.4 is 21.7 Å². The number of nitrogens with zero attached hydrogens (tertiary/aromatic N) is 3. The third-order valence-corrected chi connectivity index (χ3v) is 3.58. The maximum atomic E-state index is 8.81. The predicted molar refractivity (Wildman–Crippen MR) is 112 cm³/mol. The summed E-state index contributed by atoms with van der Waals surface area (Å²) < 4.78 is 10.7. The molecule has 1 rings (SSSR count). The van der Waals surface area contributed by atoms with Gasteiger partial charge in [-0.05, 0) is 26.7 Å². The van der Waals surface area contributed by atoms with Gasteiger partial charge >= 0.3 is 0 Å². The minimum Gasteiger partial charge on any atom is -0.396 e. The highest BCUT2D eigenvalue weighted by molar-refractivity contribution is 5.42. The highest BCUT2D eigenvalue weighted by Gasteiger charge is 2.07. The summed E-state index contributed by atoms with van der Waals surface area (Å²) in [4.78, 5) is 13.2. The number of aliphatic hydroxyl groups excluding tert-OH is 1. The lowest BCUT2D eigenvalue weighted by Gasteiger charge is -2.13. The predicted octanol–water partition coefficient (Wildman–Crippen LogP) is 1.06. The molecule has 0 aliphatic rings. The molecule has 0 spiro atoms. The van der Waals surface area contributed by atoms with Crippen molar-refractivity contribution >= 4 is 17.8 Å². The molecule has 0 fully saturated rings. The van der Waals surface area contributed by atoms with Crippen molar-refractivity contribution in [3.05, 3.63) is 0 Å². The Morgan fingerprint density at radius 2 is 1.43 bits per heavy atom. The maximum Gasteiger partial charge on any atom is 0.229 e. The smallest absolute Gasteiger partial charge is 0.229 e. The van der Waals surface area contributed by atoms with E-state index in [4.69, 9.17) is 20.3 Å². The molecule has 0 aliphatic carbocycles. The number of nitrogens with one attached hydrogen (secondary N) is 3. The molecule has 6 N–H and O–H groups in total. The molecule has 1 heterocycles. The van der Waals surface area contributed by atoms with E-state index < -0.39 is 0 Å². The van der Waals surface area contributed by atoms with E-state index >= 15 is 0 Å². The molecule has 28 heavy (non-hydrogen) atoms. The Kier molecular flexibility index (Phi) is 14.1. The largest absolute Gasteiger partial charge is 0.396 e. The van der Waals surface area contributed by atoms with Crippen LogP contribution in [-0.2, 0) is 9.47 Å². The summed E-state index contributed by atoms with van der Waals surface area (Å²) in [5.41, 5.74) is 5.35. The molecule has 0 aromatic carbocycles. The van der Waals surface area contributed by atoms with Crippen molar-refractivity contribution in [2.24, 2.45) is 5.73 Å². The molecule has 1 aromatic rings. The molecule has 0 bridgehead atoms. The van der Waals surface area contributed by atoms with Gasteiger partial charge in [-0.2, -0.15) is 15.0 Å². The zero-order valence-electron chi connectivity index (χ0n) is 17.2. The van der Waals surface area contributed by atoms with Gasteiger partial charge in [0.15, 0.2) is 0 Å². The van der Waals surface area contributed by atoms with E-state index in [0.29, 0.717) is 57.4 Å². The van der Waals surface area contributed by atoms with Crippen LogP contribution >= 0.6 is 0 Å². The fourth-order valence-electron chi connectivity index (χ4n) is 2.29. The number of hydrogen-bond donors (Lipinski definition) is 5. The van der Waals surface area contributed by atoms with Crippen molar-refractivity contribution in [2.75, 3.05) is 68.6 Å². The third kappa shape index (κ3) is 12.6. The van der Waals surface area contributed by atoms with Crippen LogP contribution in [0.15, 0.2) is 0 Å². The average molecular weight is 400 g/mol. The van der Waals surface area contributed by atoms with Gasteiger partial charge in [0.2, 0.25) is 17.8 Å². The first-order chi connectivity index (χ1) is 13.7. The van der Waals surface area contributed by atoms with Crippen LogP contribution in [0, 0.1) is 0 Å². The van der Waals surface area contributed by atoms with Crippen LogP contribution in [0.5, 0.6) is 0 Å². The molecule has 0 amide bonds. The van der Waals surface area contributed by atoms with Gasteiger partial charge in [-0.25, -0.2) is 0 Å². The number of hydrogen-bond acceptors (Lipinski definition) is 10. The molecule has 0 saturated carbocycles. The average Bonchev–Trinajstić information content (AvgIpc) is 2.66. The molecule has 10 heteroatoms. The van der Waals surface area contributed by atoms with Crippen molar-refractivity contribution < 1.29 is 14.6 Å². The van der Waals surface area contributed by atoms with E-state index in [9.17, 15) is 0 Å². The topological polar surface area (TPSA) is 139 Å². The summed E-state index contributed by atoms with van der Waals surface area (Å²) in [5, 5.41) is 18.4. The first-order valence-corrected chi connectivity index (χ1v) is 10.1. The number of anilines is 3. The van der Waals surface area contributed by atoms with Crippen molar-refractivity contribution in [3.8, 4) is 0 Å². The molecule has 162 valence electrons. The highest BCUT2D eigenvalue weighted by Crippen LogP contribution is 2.11. The Labute approximate surface area is 168 Å². The molecule has 0 unspecified atom stereocenters. The third-order valence-electron chi connectivity index (χ3n) is 3.58. The second-order valence-electron chi connectivity index (χ2n) is 6.61. The fraction of sp³-hybridized carbons (Fsp3) is 0.833. The minimum absolute atomic E-state index is 0.221. The second kappa shape index (κ2) is 16.2. The Morgan fingerprint density at radius 1 is 0.821 bits per heavy atom. The molecular weight excluding hydrogens is 362 g/mol. The van der Waals surface area contributed by atoms with Crippen molar-refractivity contribution in [3.63, 3.8) is 0 Å². The van der Waals surface area contributed by atoms with E-state index in [1.165, 1.54) is 0 Å². The number of nitrogens with two attached hydrogens (primary N) is 1. The lowest BCUT2D eigenvalue weighted by Crippen LogP contribution is -2.18. The summed E-state index contributed by atoms with van der Waals surface area (Å²) in [7, 11) is 0. The van der Waals surface area contributed by atoms with Gasteiger partial charge < -0.3 is 36.3 Å². The van der Waals surface area contributed by atoms with E-state index in [-0.39, 0.29) is 12.6 Å². The lowest BCUT2D eigenvalue weighted by molar-refractivity contribution is 0.0547. The van der Waals surface area contributed by atoms with E-state index in [2.05, 4.69) is 30.9 Å². The Hall–Kier alpha value is -1.75. The van der Waals surface area contributed by atoms with Gasteiger partial charge in [-0.1, -0.05) is 12.8 Å². The molecule has 0 atom stereocenters. The van der Waals surface area contributed by atoms with Crippen LogP contribution in [0.25, 0.3) is 0 Å². The zero-order chi connectivity index (χ0) is 20.5. The molecule has 1 aromatic heterocycles. The normalized spacial score (nSPS) is 11.0. The molecule has 0 radical (unpaired) electrons. The van der Waals surface area contributed by atoms with Crippen LogP contribution in [0.3, 0.4) is 0 Å². The highest BCUT2D eigenvalue weighted by atomic mass is 16.5. The summed E-state index contributed by atoms with van der Waals surface area (Å²) >= 11 is 0. The zero-order valence-corrected chi connectivity index (χ0v) is 17.2. The summed E-state index contributed by atoms with van der Waals surface area (Å²) in [5.74, 6) is 1.58. The lowest BCUT2D eigenvalue weighted by atomic mass is 10.2. The van der Waals surface area contributed by atoms with Crippen molar-refractivity contribution in [1.29, 1.82) is 0 Å². The first-order valence-electron chi connectivity index (χ1n) is 10.1. The Morgan fingerprint density at radius 3 is 2.07 bits per heavy atom. The minimum atomic E-state index is 0.221. The molecule has 0 aliphatic heterocycles. The standard InChI is InChI=1S/C18H37N7O3/c1-15(2)22-18-24-16(20-8-5-3-4-6-10-26)23-17(25-18)21-9-12-28-14-13-27-11-7-19/h15,26H,3-14,19H2,1-2H3,(H3,20,21,22,23,24,25). The molecule has 10 nitrogen and oxygen atoms in total.